The number of carbonyl (C=O) groups excluding carboxylic acids is 2. The number of nitrogens with zero attached hydrogens (tertiary/aromatic N) is 3. The minimum absolute atomic E-state index is 0.118. The molecule has 0 spiro atoms. The molecule has 148 valence electrons. The van der Waals surface area contributed by atoms with Gasteiger partial charge in [0.25, 0.3) is 0 Å². The van der Waals surface area contributed by atoms with Crippen molar-refractivity contribution < 1.29 is 9.59 Å². The number of aromatic nitrogens is 1. The Morgan fingerprint density at radius 1 is 1.18 bits per heavy atom. The maximum Gasteiger partial charge on any atom is 0.230 e. The number of carbonyl (C=O) groups is 2. The van der Waals surface area contributed by atoms with Crippen molar-refractivity contribution in [1.29, 1.82) is 0 Å². The van der Waals surface area contributed by atoms with Crippen LogP contribution in [0.1, 0.15) is 43.1 Å². The van der Waals surface area contributed by atoms with E-state index in [9.17, 15) is 9.59 Å². The highest BCUT2D eigenvalue weighted by molar-refractivity contribution is 6.03. The zero-order valence-corrected chi connectivity index (χ0v) is 17.2. The predicted octanol–water partition coefficient (Wildman–Crippen LogP) is 3.43. The Morgan fingerprint density at radius 3 is 2.61 bits per heavy atom. The van der Waals surface area contributed by atoms with Crippen LogP contribution in [-0.2, 0) is 11.2 Å². The van der Waals surface area contributed by atoms with Gasteiger partial charge in [-0.25, -0.2) is 0 Å². The van der Waals surface area contributed by atoms with Crippen molar-refractivity contribution in [2.24, 2.45) is 5.92 Å². The summed E-state index contributed by atoms with van der Waals surface area (Å²) in [5.74, 6) is 0.210. The molecule has 2 heterocycles. The Balaban J connectivity index is 1.84. The normalized spacial score (nSPS) is 21.4. The zero-order valence-electron chi connectivity index (χ0n) is 17.2. The lowest BCUT2D eigenvalue weighted by Gasteiger charge is -2.40. The number of benzene rings is 1. The Morgan fingerprint density at radius 2 is 1.93 bits per heavy atom. The fourth-order valence-electron chi connectivity index (χ4n) is 4.86. The van der Waals surface area contributed by atoms with Gasteiger partial charge in [0.1, 0.15) is 0 Å². The fourth-order valence-corrected chi connectivity index (χ4v) is 4.86. The van der Waals surface area contributed by atoms with Crippen molar-refractivity contribution in [2.45, 2.75) is 39.7 Å². The molecular formula is C23H29N3O2. The SMILES string of the molecule is CCC(=O)n1cc2c3c(cccc31)C1=C[C@@H](C(=O)N(CC)CC)CN(C)C1C2. The van der Waals surface area contributed by atoms with Crippen LogP contribution in [0.25, 0.3) is 16.5 Å². The summed E-state index contributed by atoms with van der Waals surface area (Å²) in [5.41, 5.74) is 4.63. The van der Waals surface area contributed by atoms with Crippen LogP contribution in [0.3, 0.4) is 0 Å². The van der Waals surface area contributed by atoms with E-state index in [2.05, 4.69) is 24.1 Å². The summed E-state index contributed by atoms with van der Waals surface area (Å²) in [6.07, 6.45) is 5.59. The lowest BCUT2D eigenvalue weighted by atomic mass is 9.79. The lowest BCUT2D eigenvalue weighted by molar-refractivity contribution is -0.134. The fraction of sp³-hybridized carbons (Fsp3) is 0.478. The summed E-state index contributed by atoms with van der Waals surface area (Å²) in [4.78, 5) is 29.7. The van der Waals surface area contributed by atoms with E-state index in [0.29, 0.717) is 6.42 Å². The summed E-state index contributed by atoms with van der Waals surface area (Å²) in [5, 5.41) is 1.18. The highest BCUT2D eigenvalue weighted by atomic mass is 16.2. The van der Waals surface area contributed by atoms with E-state index >= 15 is 0 Å². The van der Waals surface area contributed by atoms with Gasteiger partial charge in [0.2, 0.25) is 11.8 Å². The lowest BCUT2D eigenvalue weighted by Crippen LogP contribution is -2.47. The molecule has 5 heteroatoms. The Labute approximate surface area is 166 Å². The van der Waals surface area contributed by atoms with Crippen molar-refractivity contribution in [2.75, 3.05) is 26.7 Å². The highest BCUT2D eigenvalue weighted by Gasteiger charge is 2.37. The first-order valence-corrected chi connectivity index (χ1v) is 10.4. The van der Waals surface area contributed by atoms with E-state index in [0.717, 1.165) is 31.6 Å². The van der Waals surface area contributed by atoms with Gasteiger partial charge >= 0.3 is 0 Å². The molecule has 1 aliphatic carbocycles. The number of hydrogen-bond acceptors (Lipinski definition) is 3. The summed E-state index contributed by atoms with van der Waals surface area (Å²) in [6, 6.07) is 6.45. The summed E-state index contributed by atoms with van der Waals surface area (Å²) in [6.45, 7) is 8.18. The van der Waals surface area contributed by atoms with E-state index in [1.165, 1.54) is 22.1 Å². The molecule has 0 saturated carbocycles. The molecule has 28 heavy (non-hydrogen) atoms. The standard InChI is InChI=1S/C23H29N3O2/c1-5-21(27)26-14-15-12-20-18(17-9-8-10-19(26)22(15)17)11-16(13-24(20)4)23(28)25(6-2)7-3/h8-11,14,16,20H,5-7,12-13H2,1-4H3/t16-,20?/m1/s1. The van der Waals surface area contributed by atoms with E-state index in [1.807, 2.05) is 48.6 Å². The molecule has 0 bridgehead atoms. The van der Waals surface area contributed by atoms with Crippen LogP contribution in [-0.4, -0.2) is 58.9 Å². The van der Waals surface area contributed by atoms with Crippen molar-refractivity contribution in [3.8, 4) is 0 Å². The van der Waals surface area contributed by atoms with Crippen molar-refractivity contribution in [3.05, 3.63) is 41.6 Å². The third-order valence-electron chi connectivity index (χ3n) is 6.35. The van der Waals surface area contributed by atoms with Crippen LogP contribution in [0.2, 0.25) is 0 Å². The average molecular weight is 380 g/mol. The topological polar surface area (TPSA) is 45.6 Å². The first-order chi connectivity index (χ1) is 13.5. The number of fused-ring (bicyclic) bond motifs is 2. The van der Waals surface area contributed by atoms with Crippen molar-refractivity contribution >= 4 is 28.3 Å². The van der Waals surface area contributed by atoms with Gasteiger partial charge < -0.3 is 4.90 Å². The molecule has 5 nitrogen and oxygen atoms in total. The van der Waals surface area contributed by atoms with Crippen LogP contribution >= 0.6 is 0 Å². The molecule has 0 saturated heterocycles. The minimum atomic E-state index is -0.118. The maximum atomic E-state index is 13.0. The zero-order chi connectivity index (χ0) is 20.0. The summed E-state index contributed by atoms with van der Waals surface area (Å²) < 4.78 is 1.81. The van der Waals surface area contributed by atoms with Crippen LogP contribution in [0.15, 0.2) is 30.5 Å². The average Bonchev–Trinajstić information content (AvgIpc) is 3.09. The Kier molecular flexibility index (Phi) is 4.88. The number of likely N-dealkylation sites (N-methyl/N-ethyl adjacent to an activating group) is 1. The summed E-state index contributed by atoms with van der Waals surface area (Å²) >= 11 is 0. The van der Waals surface area contributed by atoms with Gasteiger partial charge in [0.05, 0.1) is 11.4 Å². The van der Waals surface area contributed by atoms with Gasteiger partial charge in [-0.2, -0.15) is 0 Å². The Hall–Kier alpha value is -2.40. The van der Waals surface area contributed by atoms with E-state index in [4.69, 9.17) is 0 Å². The highest BCUT2D eigenvalue weighted by Crippen LogP contribution is 2.41. The second-order valence-electron chi connectivity index (χ2n) is 7.87. The minimum Gasteiger partial charge on any atom is -0.343 e. The van der Waals surface area contributed by atoms with Gasteiger partial charge in [0, 0.05) is 43.7 Å². The molecule has 1 aromatic heterocycles. The maximum absolute atomic E-state index is 13.0. The molecule has 1 unspecified atom stereocenters. The van der Waals surface area contributed by atoms with E-state index < -0.39 is 0 Å². The first-order valence-electron chi connectivity index (χ1n) is 10.4. The third-order valence-corrected chi connectivity index (χ3v) is 6.35. The van der Waals surface area contributed by atoms with Gasteiger partial charge in [-0.3, -0.25) is 19.1 Å². The monoisotopic (exact) mass is 379 g/mol. The number of rotatable bonds is 4. The van der Waals surface area contributed by atoms with Crippen LogP contribution in [0.5, 0.6) is 0 Å². The number of amides is 1. The van der Waals surface area contributed by atoms with Crippen LogP contribution in [0.4, 0.5) is 0 Å². The van der Waals surface area contributed by atoms with Gasteiger partial charge in [-0.1, -0.05) is 25.1 Å². The first kappa shape index (κ1) is 18.9. The van der Waals surface area contributed by atoms with E-state index in [1.54, 1.807) is 0 Å². The van der Waals surface area contributed by atoms with E-state index in [-0.39, 0.29) is 23.8 Å². The largest absolute Gasteiger partial charge is 0.343 e. The molecule has 4 rings (SSSR count). The van der Waals surface area contributed by atoms with Crippen molar-refractivity contribution in [3.63, 3.8) is 0 Å². The van der Waals surface area contributed by atoms with Crippen LogP contribution < -0.4 is 0 Å². The molecule has 1 amide bonds. The molecule has 2 aromatic rings. The second kappa shape index (κ2) is 7.21. The predicted molar refractivity (Wildman–Crippen MR) is 112 cm³/mol. The molecule has 0 radical (unpaired) electrons. The van der Waals surface area contributed by atoms with Crippen LogP contribution in [0, 0.1) is 5.92 Å². The molecule has 2 aliphatic rings. The quantitative estimate of drug-likeness (QED) is 0.818. The van der Waals surface area contributed by atoms with Gasteiger partial charge in [0.15, 0.2) is 0 Å². The van der Waals surface area contributed by atoms with Gasteiger partial charge in [-0.15, -0.1) is 0 Å². The Bertz CT molecular complexity index is 968. The third kappa shape index (κ3) is 2.80. The molecule has 1 aromatic carbocycles. The molecule has 0 fully saturated rings. The molecule has 2 atom stereocenters. The van der Waals surface area contributed by atoms with Crippen molar-refractivity contribution in [1.82, 2.24) is 14.4 Å². The molecule has 1 aliphatic heterocycles. The smallest absolute Gasteiger partial charge is 0.230 e. The van der Waals surface area contributed by atoms with Gasteiger partial charge in [-0.05, 0) is 50.1 Å². The second-order valence-corrected chi connectivity index (χ2v) is 7.87. The summed E-state index contributed by atoms with van der Waals surface area (Å²) in [7, 11) is 2.11. The molecule has 0 N–H and O–H groups in total. The molecular weight excluding hydrogens is 350 g/mol. The number of hydrogen-bond donors (Lipinski definition) is 0.